The minimum atomic E-state index is -0.786. The average Bonchev–Trinajstić information content (AvgIpc) is 2.32. The summed E-state index contributed by atoms with van der Waals surface area (Å²) < 4.78 is 5.09. The van der Waals surface area contributed by atoms with E-state index in [1.54, 1.807) is 25.3 Å². The number of hydrogen-bond acceptors (Lipinski definition) is 3. The molecule has 1 fully saturated rings. The highest BCUT2D eigenvalue weighted by Crippen LogP contribution is 2.28. The Morgan fingerprint density at radius 1 is 1.37 bits per heavy atom. The lowest BCUT2D eigenvalue weighted by Gasteiger charge is -2.32. The summed E-state index contributed by atoms with van der Waals surface area (Å²) in [4.78, 5) is 22.7. The smallest absolute Gasteiger partial charge is 0.306 e. The van der Waals surface area contributed by atoms with Crippen molar-refractivity contribution in [2.45, 2.75) is 25.8 Å². The fourth-order valence-electron chi connectivity index (χ4n) is 2.22. The van der Waals surface area contributed by atoms with E-state index in [1.165, 1.54) is 0 Å². The Morgan fingerprint density at radius 2 is 2.05 bits per heavy atom. The molecular weight excluding hydrogens is 246 g/mol. The minimum absolute atomic E-state index is 0.0323. The lowest BCUT2D eigenvalue weighted by atomic mass is 9.80. The molecule has 5 heteroatoms. The van der Waals surface area contributed by atoms with Crippen molar-refractivity contribution in [2.24, 2.45) is 5.92 Å². The van der Waals surface area contributed by atoms with E-state index in [2.05, 4.69) is 5.32 Å². The Morgan fingerprint density at radius 3 is 2.58 bits per heavy atom. The van der Waals surface area contributed by atoms with Gasteiger partial charge in [-0.15, -0.1) is 0 Å². The Balaban J connectivity index is 1.96. The zero-order valence-corrected chi connectivity index (χ0v) is 11.0. The van der Waals surface area contributed by atoms with Crippen LogP contribution in [0.3, 0.4) is 0 Å². The summed E-state index contributed by atoms with van der Waals surface area (Å²) >= 11 is 0. The number of nitrogens with one attached hydrogen (secondary N) is 1. The van der Waals surface area contributed by atoms with Crippen molar-refractivity contribution in [3.8, 4) is 5.75 Å². The molecule has 0 radical (unpaired) electrons. The maximum Gasteiger partial charge on any atom is 0.306 e. The predicted molar refractivity (Wildman–Crippen MR) is 69.3 cm³/mol. The van der Waals surface area contributed by atoms with Crippen LogP contribution in [-0.2, 0) is 4.79 Å². The number of carboxylic acid groups (broad SMARTS) is 1. The number of hydrogen-bond donors (Lipinski definition) is 2. The van der Waals surface area contributed by atoms with Gasteiger partial charge >= 0.3 is 5.97 Å². The van der Waals surface area contributed by atoms with Gasteiger partial charge in [0.2, 0.25) is 0 Å². The second-order valence-corrected chi connectivity index (χ2v) is 4.86. The molecule has 0 saturated heterocycles. The van der Waals surface area contributed by atoms with Gasteiger partial charge in [-0.3, -0.25) is 9.59 Å². The SMILES string of the molecule is COc1ccc(C(=O)NC2CC(C(=O)O)C2)c(C)c1. The molecule has 19 heavy (non-hydrogen) atoms. The number of benzene rings is 1. The number of carboxylic acids is 1. The van der Waals surface area contributed by atoms with Gasteiger partial charge in [0.15, 0.2) is 0 Å². The number of aliphatic carboxylic acids is 1. The first-order valence-corrected chi connectivity index (χ1v) is 6.19. The normalized spacial score (nSPS) is 21.4. The van der Waals surface area contributed by atoms with Crippen molar-refractivity contribution in [3.63, 3.8) is 0 Å². The highest BCUT2D eigenvalue weighted by atomic mass is 16.5. The third kappa shape index (κ3) is 2.86. The molecule has 5 nitrogen and oxygen atoms in total. The third-order valence-corrected chi connectivity index (χ3v) is 3.50. The van der Waals surface area contributed by atoms with Gasteiger partial charge < -0.3 is 15.2 Å². The average molecular weight is 263 g/mol. The van der Waals surface area contributed by atoms with Gasteiger partial charge in [0.25, 0.3) is 5.91 Å². The summed E-state index contributed by atoms with van der Waals surface area (Å²) in [5.41, 5.74) is 1.44. The molecule has 2 N–H and O–H groups in total. The summed E-state index contributed by atoms with van der Waals surface area (Å²) in [5, 5.41) is 11.6. The van der Waals surface area contributed by atoms with Crippen LogP contribution in [0.4, 0.5) is 0 Å². The van der Waals surface area contributed by atoms with Crippen LogP contribution in [-0.4, -0.2) is 30.1 Å². The maximum atomic E-state index is 12.0. The van der Waals surface area contributed by atoms with Gasteiger partial charge in [-0.2, -0.15) is 0 Å². The molecule has 0 spiro atoms. The summed E-state index contributed by atoms with van der Waals surface area (Å²) in [5.74, 6) is -0.550. The molecule has 1 aromatic carbocycles. The molecule has 1 amide bonds. The fraction of sp³-hybridized carbons (Fsp3) is 0.429. The van der Waals surface area contributed by atoms with Crippen molar-refractivity contribution in [3.05, 3.63) is 29.3 Å². The fourth-order valence-corrected chi connectivity index (χ4v) is 2.22. The molecule has 0 unspecified atom stereocenters. The van der Waals surface area contributed by atoms with E-state index < -0.39 is 5.97 Å². The molecule has 2 rings (SSSR count). The largest absolute Gasteiger partial charge is 0.497 e. The first-order valence-electron chi connectivity index (χ1n) is 6.19. The van der Waals surface area contributed by atoms with Crippen LogP contribution in [0.5, 0.6) is 5.75 Å². The zero-order valence-electron chi connectivity index (χ0n) is 11.0. The van der Waals surface area contributed by atoms with Crippen molar-refractivity contribution in [1.82, 2.24) is 5.32 Å². The standard InChI is InChI=1S/C14H17NO4/c1-8-5-11(19-2)3-4-12(8)13(16)15-10-6-9(7-10)14(17)18/h3-5,9-10H,6-7H2,1-2H3,(H,15,16)(H,17,18). The first kappa shape index (κ1) is 13.4. The summed E-state index contributed by atoms with van der Waals surface area (Å²) in [6.45, 7) is 1.85. The predicted octanol–water partition coefficient (Wildman–Crippen LogP) is 1.60. The summed E-state index contributed by atoms with van der Waals surface area (Å²) in [7, 11) is 1.58. The van der Waals surface area contributed by atoms with Gasteiger partial charge in [-0.25, -0.2) is 0 Å². The van der Waals surface area contributed by atoms with Crippen molar-refractivity contribution in [2.75, 3.05) is 7.11 Å². The van der Waals surface area contributed by atoms with E-state index in [9.17, 15) is 9.59 Å². The molecule has 0 aliphatic heterocycles. The minimum Gasteiger partial charge on any atom is -0.497 e. The number of carbonyl (C=O) groups is 2. The quantitative estimate of drug-likeness (QED) is 0.865. The Kier molecular flexibility index (Phi) is 3.74. The number of methoxy groups -OCH3 is 1. The molecule has 0 bridgehead atoms. The van der Waals surface area contributed by atoms with E-state index in [0.717, 1.165) is 5.56 Å². The summed E-state index contributed by atoms with van der Waals surface area (Å²) in [6.07, 6.45) is 1.02. The van der Waals surface area contributed by atoms with E-state index in [0.29, 0.717) is 24.2 Å². The first-order chi connectivity index (χ1) is 9.01. The van der Waals surface area contributed by atoms with Crippen LogP contribution in [0.2, 0.25) is 0 Å². The molecule has 0 aromatic heterocycles. The van der Waals surface area contributed by atoms with E-state index in [-0.39, 0.29) is 17.9 Å². The van der Waals surface area contributed by atoms with Gasteiger partial charge in [0, 0.05) is 11.6 Å². The number of amides is 1. The topological polar surface area (TPSA) is 75.6 Å². The van der Waals surface area contributed by atoms with Crippen molar-refractivity contribution >= 4 is 11.9 Å². The van der Waals surface area contributed by atoms with E-state index in [4.69, 9.17) is 9.84 Å². The van der Waals surface area contributed by atoms with Crippen molar-refractivity contribution in [1.29, 1.82) is 0 Å². The Labute approximate surface area is 111 Å². The van der Waals surface area contributed by atoms with Crippen molar-refractivity contribution < 1.29 is 19.4 Å². The van der Waals surface area contributed by atoms with Crippen LogP contribution in [0, 0.1) is 12.8 Å². The Hall–Kier alpha value is -2.04. The van der Waals surface area contributed by atoms with Gasteiger partial charge in [0.1, 0.15) is 5.75 Å². The lowest BCUT2D eigenvalue weighted by molar-refractivity contribution is -0.145. The van der Waals surface area contributed by atoms with Crippen LogP contribution in [0.15, 0.2) is 18.2 Å². The zero-order chi connectivity index (χ0) is 14.0. The number of aryl methyl sites for hydroxylation is 1. The van der Waals surface area contributed by atoms with E-state index in [1.807, 2.05) is 6.92 Å². The van der Waals surface area contributed by atoms with Crippen LogP contribution in [0.25, 0.3) is 0 Å². The molecule has 0 atom stereocenters. The van der Waals surface area contributed by atoms with Gasteiger partial charge in [-0.1, -0.05) is 0 Å². The molecule has 0 heterocycles. The Bertz CT molecular complexity index is 506. The summed E-state index contributed by atoms with van der Waals surface area (Å²) in [6, 6.07) is 5.23. The third-order valence-electron chi connectivity index (χ3n) is 3.50. The molecule has 1 saturated carbocycles. The van der Waals surface area contributed by atoms with Gasteiger partial charge in [-0.05, 0) is 43.5 Å². The number of ether oxygens (including phenoxy) is 1. The van der Waals surface area contributed by atoms with Crippen LogP contribution in [0.1, 0.15) is 28.8 Å². The highest BCUT2D eigenvalue weighted by molar-refractivity contribution is 5.96. The van der Waals surface area contributed by atoms with Gasteiger partial charge in [0.05, 0.1) is 13.0 Å². The second kappa shape index (κ2) is 5.30. The second-order valence-electron chi connectivity index (χ2n) is 4.86. The number of rotatable bonds is 4. The lowest BCUT2D eigenvalue weighted by Crippen LogP contribution is -2.46. The molecule has 102 valence electrons. The van der Waals surface area contributed by atoms with Crippen LogP contribution < -0.4 is 10.1 Å². The van der Waals surface area contributed by atoms with Crippen LogP contribution >= 0.6 is 0 Å². The number of carbonyl (C=O) groups excluding carboxylic acids is 1. The maximum absolute atomic E-state index is 12.0. The molecule has 1 aromatic rings. The molecule has 1 aliphatic carbocycles. The highest BCUT2D eigenvalue weighted by Gasteiger charge is 2.35. The molecule has 1 aliphatic rings. The monoisotopic (exact) mass is 263 g/mol. The van der Waals surface area contributed by atoms with E-state index >= 15 is 0 Å². The molecular formula is C14H17NO4.